The second-order valence-electron chi connectivity index (χ2n) is 5.20. The zero-order valence-corrected chi connectivity index (χ0v) is 17.0. The number of alkyl halides is 3. The van der Waals surface area contributed by atoms with Gasteiger partial charge in [0.15, 0.2) is 9.96 Å². The van der Waals surface area contributed by atoms with Crippen LogP contribution in [0.5, 0.6) is 5.75 Å². The monoisotopic (exact) mass is 458 g/mol. The number of esters is 1. The van der Waals surface area contributed by atoms with Crippen molar-refractivity contribution in [2.24, 2.45) is 3.77 Å². The Balaban J connectivity index is 2.55. The summed E-state index contributed by atoms with van der Waals surface area (Å²) in [6.45, 7) is 0. The third-order valence-electron chi connectivity index (χ3n) is 3.25. The Hall–Kier alpha value is -2.19. The minimum atomic E-state index is -4.65. The molecule has 2 aromatic rings. The quantitative estimate of drug-likeness (QED) is 0.633. The molecule has 0 fully saturated rings. The number of rotatable bonds is 5. The Labute approximate surface area is 162 Å². The van der Waals surface area contributed by atoms with Crippen LogP contribution < -0.4 is 4.74 Å². The molecule has 0 aliphatic carbocycles. The van der Waals surface area contributed by atoms with Crippen molar-refractivity contribution in [2.45, 2.75) is 15.4 Å². The highest BCUT2D eigenvalue weighted by Crippen LogP contribution is 2.37. The minimum Gasteiger partial charge on any atom is -0.493 e. The molecular formula is C14H13F3N2O6S3. The molecule has 0 amide bonds. The van der Waals surface area contributed by atoms with Crippen molar-refractivity contribution in [3.05, 3.63) is 34.8 Å². The van der Waals surface area contributed by atoms with Crippen LogP contribution in [0, 0.1) is 0 Å². The molecule has 0 aliphatic heterocycles. The fraction of sp³-hybridized carbons (Fsp3) is 0.286. The molecule has 1 atom stereocenters. The van der Waals surface area contributed by atoms with Crippen molar-refractivity contribution in [3.63, 3.8) is 0 Å². The summed E-state index contributed by atoms with van der Waals surface area (Å²) in [5.74, 6) is -1.19. The lowest BCUT2D eigenvalue weighted by Gasteiger charge is -2.08. The molecule has 0 spiro atoms. The third-order valence-corrected chi connectivity index (χ3v) is 8.52. The molecule has 0 aliphatic rings. The summed E-state index contributed by atoms with van der Waals surface area (Å²) in [7, 11) is -6.11. The van der Waals surface area contributed by atoms with Crippen LogP contribution in [-0.4, -0.2) is 44.1 Å². The van der Waals surface area contributed by atoms with E-state index in [1.165, 1.54) is 5.38 Å². The first-order valence-corrected chi connectivity index (χ1v) is 11.3. The molecule has 0 bridgehead atoms. The molecule has 2 rings (SSSR count). The molecule has 0 N–H and O–H groups in total. The number of ether oxygens (including phenoxy) is 2. The lowest BCUT2D eigenvalue weighted by molar-refractivity contribution is -0.137. The van der Waals surface area contributed by atoms with E-state index in [0.29, 0.717) is 23.6 Å². The maximum Gasteiger partial charge on any atom is 0.417 e. The summed E-state index contributed by atoms with van der Waals surface area (Å²) in [5.41, 5.74) is -1.25. The molecule has 1 unspecified atom stereocenters. The number of hydrogen-bond donors (Lipinski definition) is 0. The SMILES string of the molecule is COC(=O)c1csc(S(=O)(=O)N=S(C)(=O)c2ccc(C(F)(F)F)cn2)c1OC. The average Bonchev–Trinajstić information content (AvgIpc) is 3.04. The topological polar surface area (TPSA) is 112 Å². The summed E-state index contributed by atoms with van der Waals surface area (Å²) in [6.07, 6.45) is -3.30. The molecule has 8 nitrogen and oxygen atoms in total. The van der Waals surface area contributed by atoms with Gasteiger partial charge in [-0.3, -0.25) is 0 Å². The standard InChI is InChI=1S/C14H13F3N2O6S3/c1-24-11-9(12(20)25-2)7-26-13(11)28(22,23)19-27(3,21)10-5-4-8(6-18-10)14(15,16)17/h4-7H,1-3H3. The number of thiophene rings is 1. The summed E-state index contributed by atoms with van der Waals surface area (Å²) in [4.78, 5) is 15.1. The van der Waals surface area contributed by atoms with Gasteiger partial charge in [0.05, 0.1) is 19.8 Å². The van der Waals surface area contributed by atoms with E-state index in [2.05, 4.69) is 13.5 Å². The Bertz CT molecular complexity index is 1110. The van der Waals surface area contributed by atoms with Gasteiger partial charge in [0.1, 0.15) is 20.3 Å². The number of carbonyl (C=O) groups excluding carboxylic acids is 1. The van der Waals surface area contributed by atoms with Crippen LogP contribution in [-0.2, 0) is 30.7 Å². The van der Waals surface area contributed by atoms with Crippen molar-refractivity contribution in [2.75, 3.05) is 20.5 Å². The van der Waals surface area contributed by atoms with Crippen molar-refractivity contribution >= 4 is 37.1 Å². The van der Waals surface area contributed by atoms with Crippen LogP contribution in [0.3, 0.4) is 0 Å². The molecular weight excluding hydrogens is 445 g/mol. The Morgan fingerprint density at radius 3 is 2.32 bits per heavy atom. The Kier molecular flexibility index (Phi) is 6.06. The second kappa shape index (κ2) is 7.67. The normalized spacial score (nSPS) is 14.2. The fourth-order valence-electron chi connectivity index (χ4n) is 1.98. The first kappa shape index (κ1) is 22.1. The zero-order valence-electron chi connectivity index (χ0n) is 14.5. The first-order chi connectivity index (χ1) is 12.8. The van der Waals surface area contributed by atoms with Crippen molar-refractivity contribution < 1.29 is 40.1 Å². The van der Waals surface area contributed by atoms with Crippen LogP contribution in [0.25, 0.3) is 0 Å². The van der Waals surface area contributed by atoms with Gasteiger partial charge in [0, 0.05) is 17.8 Å². The number of aromatic nitrogens is 1. The minimum absolute atomic E-state index is 0.168. The predicted molar refractivity (Wildman–Crippen MR) is 93.4 cm³/mol. The lowest BCUT2D eigenvalue weighted by Crippen LogP contribution is -2.09. The average molecular weight is 458 g/mol. The largest absolute Gasteiger partial charge is 0.493 e. The Morgan fingerprint density at radius 2 is 1.86 bits per heavy atom. The van der Waals surface area contributed by atoms with E-state index in [9.17, 15) is 30.6 Å². The fourth-order valence-corrected chi connectivity index (χ4v) is 6.69. The van der Waals surface area contributed by atoms with Crippen LogP contribution >= 0.6 is 11.3 Å². The smallest absolute Gasteiger partial charge is 0.417 e. The van der Waals surface area contributed by atoms with E-state index >= 15 is 0 Å². The van der Waals surface area contributed by atoms with Gasteiger partial charge in [-0.05, 0) is 12.1 Å². The number of sulfonamides is 1. The highest BCUT2D eigenvalue weighted by molar-refractivity contribution is 8.03. The van der Waals surface area contributed by atoms with E-state index in [1.807, 2.05) is 0 Å². The molecule has 0 saturated heterocycles. The van der Waals surface area contributed by atoms with Crippen molar-refractivity contribution in [3.8, 4) is 5.75 Å². The molecule has 154 valence electrons. The highest BCUT2D eigenvalue weighted by atomic mass is 32.3. The summed E-state index contributed by atoms with van der Waals surface area (Å²) >= 11 is 0.591. The van der Waals surface area contributed by atoms with Gasteiger partial charge < -0.3 is 9.47 Å². The van der Waals surface area contributed by atoms with Crippen LogP contribution in [0.15, 0.2) is 36.7 Å². The number of methoxy groups -OCH3 is 2. The zero-order chi connectivity index (χ0) is 21.3. The Morgan fingerprint density at radius 1 is 1.21 bits per heavy atom. The third kappa shape index (κ3) is 4.44. The maximum atomic E-state index is 12.7. The number of nitrogens with zero attached hydrogens (tertiary/aromatic N) is 2. The van der Waals surface area contributed by atoms with Crippen molar-refractivity contribution in [1.29, 1.82) is 0 Å². The van der Waals surface area contributed by atoms with Crippen LogP contribution in [0.2, 0.25) is 0 Å². The highest BCUT2D eigenvalue weighted by Gasteiger charge is 2.32. The maximum absolute atomic E-state index is 12.7. The van der Waals surface area contributed by atoms with E-state index in [0.717, 1.165) is 26.5 Å². The van der Waals surface area contributed by atoms with Gasteiger partial charge in [0.25, 0.3) is 0 Å². The lowest BCUT2D eigenvalue weighted by atomic mass is 10.3. The summed E-state index contributed by atoms with van der Waals surface area (Å²) in [6, 6.07) is 1.41. The molecule has 28 heavy (non-hydrogen) atoms. The number of carbonyl (C=O) groups is 1. The van der Waals surface area contributed by atoms with Gasteiger partial charge in [-0.15, -0.1) is 15.1 Å². The molecule has 0 aromatic carbocycles. The van der Waals surface area contributed by atoms with Gasteiger partial charge in [0.2, 0.25) is 0 Å². The van der Waals surface area contributed by atoms with Gasteiger partial charge >= 0.3 is 22.2 Å². The number of hydrogen-bond acceptors (Lipinski definition) is 8. The van der Waals surface area contributed by atoms with Crippen LogP contribution in [0.4, 0.5) is 13.2 Å². The molecule has 2 heterocycles. The first-order valence-electron chi connectivity index (χ1n) is 7.09. The van der Waals surface area contributed by atoms with Crippen molar-refractivity contribution in [1.82, 2.24) is 4.98 Å². The van der Waals surface area contributed by atoms with E-state index in [4.69, 9.17) is 4.74 Å². The summed E-state index contributed by atoms with van der Waals surface area (Å²) in [5, 5.41) is 0.716. The van der Waals surface area contributed by atoms with E-state index < -0.39 is 46.7 Å². The van der Waals surface area contributed by atoms with E-state index in [-0.39, 0.29) is 11.3 Å². The van der Waals surface area contributed by atoms with E-state index in [1.54, 1.807) is 0 Å². The number of halogens is 3. The predicted octanol–water partition coefficient (Wildman–Crippen LogP) is 2.80. The van der Waals surface area contributed by atoms with Crippen LogP contribution in [0.1, 0.15) is 15.9 Å². The second-order valence-corrected chi connectivity index (χ2v) is 10.3. The van der Waals surface area contributed by atoms with Gasteiger partial charge in [-0.25, -0.2) is 14.0 Å². The molecule has 0 saturated carbocycles. The van der Waals surface area contributed by atoms with Gasteiger partial charge in [-0.1, -0.05) is 0 Å². The molecule has 14 heteroatoms. The molecule has 0 radical (unpaired) electrons. The number of pyridine rings is 1. The summed E-state index contributed by atoms with van der Waals surface area (Å²) < 4.78 is 88.0. The van der Waals surface area contributed by atoms with Gasteiger partial charge in [-0.2, -0.15) is 21.6 Å². The molecule has 2 aromatic heterocycles.